The molecule has 8 nitrogen and oxygen atoms in total. The van der Waals surface area contributed by atoms with Gasteiger partial charge >= 0.3 is 0 Å². The number of hydrogen-bond donors (Lipinski definition) is 5. The molecule has 0 aromatic carbocycles. The number of Topliss-reactive ketones (excluding diaryl/α,β-unsaturated/α-hetero) is 1. The Bertz CT molecular complexity index is 894. The van der Waals surface area contributed by atoms with Gasteiger partial charge in [-0.05, 0) is 55.8 Å². The van der Waals surface area contributed by atoms with Gasteiger partial charge in [0.2, 0.25) is 11.2 Å². The zero-order valence-corrected chi connectivity index (χ0v) is 20.0. The van der Waals surface area contributed by atoms with Crippen molar-refractivity contribution in [1.29, 1.82) is 0 Å². The zero-order chi connectivity index (χ0) is 25.4. The van der Waals surface area contributed by atoms with Crippen LogP contribution >= 0.6 is 0 Å². The smallest absolute Gasteiger partial charge is 0.230 e. The van der Waals surface area contributed by atoms with E-state index in [4.69, 9.17) is 4.42 Å². The highest BCUT2D eigenvalue weighted by Crippen LogP contribution is 2.34. The van der Waals surface area contributed by atoms with Crippen molar-refractivity contribution in [2.75, 3.05) is 0 Å². The van der Waals surface area contributed by atoms with Crippen LogP contribution in [0.25, 0.3) is 0 Å². The van der Waals surface area contributed by atoms with E-state index >= 15 is 0 Å². The van der Waals surface area contributed by atoms with Crippen LogP contribution in [0.3, 0.4) is 0 Å². The van der Waals surface area contributed by atoms with Crippen LogP contribution in [0.15, 0.2) is 45.9 Å². The quantitative estimate of drug-likeness (QED) is 0.202. The zero-order valence-electron chi connectivity index (χ0n) is 20.0. The van der Waals surface area contributed by atoms with E-state index in [9.17, 15) is 35.1 Å². The molecule has 0 aliphatic heterocycles. The third kappa shape index (κ3) is 8.37. The van der Waals surface area contributed by atoms with Crippen LogP contribution in [0.5, 0.6) is 5.75 Å². The third-order valence-electron chi connectivity index (χ3n) is 6.22. The van der Waals surface area contributed by atoms with Crippen molar-refractivity contribution >= 4 is 5.78 Å². The molecule has 0 saturated heterocycles. The number of allylic oxidation sites excluding steroid dienone is 1. The Balaban J connectivity index is 2.47. The van der Waals surface area contributed by atoms with Crippen molar-refractivity contribution in [3.8, 4) is 5.75 Å². The van der Waals surface area contributed by atoms with Crippen molar-refractivity contribution in [3.63, 3.8) is 0 Å². The molecule has 1 heterocycles. The normalized spacial score (nSPS) is 14.7. The first-order chi connectivity index (χ1) is 15.2. The molecule has 8 heteroatoms. The lowest BCUT2D eigenvalue weighted by molar-refractivity contribution is -0.115. The summed E-state index contributed by atoms with van der Waals surface area (Å²) in [5.74, 6) is -1.82. The number of aliphatic hydroxyl groups is 4. The maximum Gasteiger partial charge on any atom is 0.230 e. The van der Waals surface area contributed by atoms with Crippen LogP contribution < -0.4 is 5.43 Å². The van der Waals surface area contributed by atoms with Crippen LogP contribution in [0.2, 0.25) is 0 Å². The van der Waals surface area contributed by atoms with E-state index in [1.54, 1.807) is 13.8 Å². The maximum atomic E-state index is 12.1. The molecule has 0 saturated carbocycles. The van der Waals surface area contributed by atoms with E-state index in [-0.39, 0.29) is 5.57 Å². The van der Waals surface area contributed by atoms with Crippen LogP contribution in [0, 0.1) is 5.41 Å². The minimum Gasteiger partial charge on any atom is -0.515 e. The fourth-order valence-electron chi connectivity index (χ4n) is 3.78. The van der Waals surface area contributed by atoms with Gasteiger partial charge in [-0.3, -0.25) is 9.59 Å². The van der Waals surface area contributed by atoms with Gasteiger partial charge < -0.3 is 29.9 Å². The molecule has 1 rings (SSSR count). The summed E-state index contributed by atoms with van der Waals surface area (Å²) < 4.78 is 5.00. The Morgan fingerprint density at radius 2 is 1.61 bits per heavy atom. The van der Waals surface area contributed by atoms with Gasteiger partial charge in [-0.2, -0.15) is 0 Å². The lowest BCUT2D eigenvalue weighted by Gasteiger charge is -2.27. The maximum absolute atomic E-state index is 12.1. The number of hydrogen-bond acceptors (Lipinski definition) is 8. The van der Waals surface area contributed by atoms with Gasteiger partial charge in [-0.15, -0.1) is 0 Å². The van der Waals surface area contributed by atoms with E-state index in [0.717, 1.165) is 6.26 Å². The second-order valence-electron chi connectivity index (χ2n) is 9.90. The van der Waals surface area contributed by atoms with Gasteiger partial charge in [0.05, 0.1) is 24.7 Å². The fourth-order valence-corrected chi connectivity index (χ4v) is 3.78. The van der Waals surface area contributed by atoms with Gasteiger partial charge in [-0.1, -0.05) is 34.3 Å². The average Bonchev–Trinajstić information content (AvgIpc) is 2.73. The summed E-state index contributed by atoms with van der Waals surface area (Å²) in [4.78, 5) is 24.1. The molecule has 186 valence electrons. The van der Waals surface area contributed by atoms with E-state index in [0.29, 0.717) is 56.8 Å². The molecule has 0 amide bonds. The molecule has 1 aromatic rings. The van der Waals surface area contributed by atoms with Gasteiger partial charge in [0, 0.05) is 11.1 Å². The lowest BCUT2D eigenvalue weighted by atomic mass is 9.77. The Hall–Kier alpha value is -2.58. The standard InChI is InChI=1S/C25H38O8/c1-16(27)22(31)19(13-26)24(2,3)11-9-17(28)7-6-8-18(29)10-12-25(4,5)20-14-33-15-21(30)23(20)32/h13-15,17-18,26-30H,1,6-12H2,2-5H3/b19-13+. The summed E-state index contributed by atoms with van der Waals surface area (Å²) in [5.41, 5.74) is -1.44. The van der Waals surface area contributed by atoms with Gasteiger partial charge in [0.1, 0.15) is 6.26 Å². The number of aliphatic hydroxyl groups excluding tert-OH is 4. The largest absolute Gasteiger partial charge is 0.515 e. The average molecular weight is 467 g/mol. The number of aromatic hydroxyl groups is 1. The molecule has 2 unspecified atom stereocenters. The summed E-state index contributed by atoms with van der Waals surface area (Å²) in [6, 6.07) is 0. The second-order valence-corrected chi connectivity index (χ2v) is 9.90. The SMILES string of the molecule is C=C(O)C(=O)/C(=C\O)C(C)(C)CCC(O)CCCC(O)CCC(C)(C)c1cocc(O)c1=O. The third-order valence-corrected chi connectivity index (χ3v) is 6.22. The molecular weight excluding hydrogens is 428 g/mol. The highest BCUT2D eigenvalue weighted by atomic mass is 16.3. The molecule has 0 radical (unpaired) electrons. The first-order valence-electron chi connectivity index (χ1n) is 11.2. The highest BCUT2D eigenvalue weighted by molar-refractivity contribution is 6.06. The molecular formula is C25H38O8. The molecule has 0 aliphatic carbocycles. The fraction of sp³-hybridized carbons (Fsp3) is 0.600. The van der Waals surface area contributed by atoms with E-state index in [2.05, 4.69) is 6.58 Å². The van der Waals surface area contributed by atoms with Crippen molar-refractivity contribution in [2.45, 2.75) is 90.3 Å². The van der Waals surface area contributed by atoms with E-state index in [1.807, 2.05) is 13.8 Å². The molecule has 33 heavy (non-hydrogen) atoms. The lowest BCUT2D eigenvalue weighted by Crippen LogP contribution is -2.27. The molecule has 5 N–H and O–H groups in total. The minimum absolute atomic E-state index is 0.0287. The van der Waals surface area contributed by atoms with E-state index in [1.165, 1.54) is 6.26 Å². The molecule has 2 atom stereocenters. The molecule has 0 fully saturated rings. The number of carbonyl (C=O) groups is 1. The summed E-state index contributed by atoms with van der Waals surface area (Å²) in [5, 5.41) is 48.9. The Kier molecular flexibility index (Phi) is 10.4. The van der Waals surface area contributed by atoms with Crippen molar-refractivity contribution in [1.82, 2.24) is 0 Å². The molecule has 0 spiro atoms. The molecule has 1 aromatic heterocycles. The van der Waals surface area contributed by atoms with Crippen LogP contribution in [-0.4, -0.2) is 43.5 Å². The van der Waals surface area contributed by atoms with Crippen LogP contribution in [0.4, 0.5) is 0 Å². The topological polar surface area (TPSA) is 148 Å². The van der Waals surface area contributed by atoms with Gasteiger partial charge in [0.25, 0.3) is 0 Å². The Morgan fingerprint density at radius 1 is 1.06 bits per heavy atom. The van der Waals surface area contributed by atoms with Crippen molar-refractivity contribution < 1.29 is 34.7 Å². The Labute approximate surface area is 194 Å². The highest BCUT2D eigenvalue weighted by Gasteiger charge is 2.31. The first kappa shape index (κ1) is 28.5. The minimum atomic E-state index is -0.762. The monoisotopic (exact) mass is 466 g/mol. The first-order valence-corrected chi connectivity index (χ1v) is 11.2. The predicted molar refractivity (Wildman–Crippen MR) is 125 cm³/mol. The van der Waals surface area contributed by atoms with Crippen LogP contribution in [-0.2, 0) is 10.2 Å². The molecule has 0 aliphatic rings. The predicted octanol–water partition coefficient (Wildman–Crippen LogP) is 4.18. The number of carbonyl (C=O) groups excluding carboxylic acids is 1. The Morgan fingerprint density at radius 3 is 2.12 bits per heavy atom. The number of rotatable bonds is 14. The molecule has 0 bridgehead atoms. The summed E-state index contributed by atoms with van der Waals surface area (Å²) in [6.45, 7) is 10.4. The van der Waals surface area contributed by atoms with E-state index < -0.39 is 45.8 Å². The summed E-state index contributed by atoms with van der Waals surface area (Å²) >= 11 is 0. The van der Waals surface area contributed by atoms with Gasteiger partial charge in [0.15, 0.2) is 11.5 Å². The second kappa shape index (κ2) is 12.0. The van der Waals surface area contributed by atoms with Crippen LogP contribution in [0.1, 0.15) is 78.2 Å². The summed E-state index contributed by atoms with van der Waals surface area (Å²) in [6.07, 6.45) is 5.03. The van der Waals surface area contributed by atoms with Gasteiger partial charge in [-0.25, -0.2) is 0 Å². The summed E-state index contributed by atoms with van der Waals surface area (Å²) in [7, 11) is 0. The van der Waals surface area contributed by atoms with Crippen molar-refractivity contribution in [2.24, 2.45) is 5.41 Å². The number of ketones is 1. The van der Waals surface area contributed by atoms with Crippen molar-refractivity contribution in [3.05, 3.63) is 52.5 Å².